The number of benzene rings is 2. The maximum absolute atomic E-state index is 10.7. The van der Waals surface area contributed by atoms with Crippen LogP contribution in [0.5, 0.6) is 11.5 Å². The molecule has 198 valence electrons. The zero-order chi connectivity index (χ0) is 26.0. The third kappa shape index (κ3) is 5.02. The monoisotopic (exact) mass is 504 g/mol. The van der Waals surface area contributed by atoms with Gasteiger partial charge in [-0.2, -0.15) is 0 Å². The molecule has 0 radical (unpaired) electrons. The Morgan fingerprint density at radius 2 is 1.89 bits per heavy atom. The number of aliphatic hydroxyl groups is 1. The SMILES string of the molecule is COc1cccc([C@@H](CNC[C@H](O)COCC2=CC[C@@H]3C[C@@H]2C3(C)C)c2c[nH]c3ccccc23)c1OC. The Labute approximate surface area is 220 Å². The lowest BCUT2D eigenvalue weighted by Crippen LogP contribution is -2.48. The summed E-state index contributed by atoms with van der Waals surface area (Å²) in [7, 11) is 3.33. The van der Waals surface area contributed by atoms with Crippen molar-refractivity contribution in [3.8, 4) is 11.5 Å². The number of ether oxygens (including phenoxy) is 3. The van der Waals surface area contributed by atoms with E-state index in [9.17, 15) is 5.11 Å². The van der Waals surface area contributed by atoms with Gasteiger partial charge in [0.05, 0.1) is 33.5 Å². The predicted molar refractivity (Wildman–Crippen MR) is 147 cm³/mol. The van der Waals surface area contributed by atoms with Gasteiger partial charge in [-0.05, 0) is 53.4 Å². The molecule has 3 N–H and O–H groups in total. The minimum absolute atomic E-state index is 0.00416. The van der Waals surface area contributed by atoms with Crippen LogP contribution in [0.25, 0.3) is 10.9 Å². The van der Waals surface area contributed by atoms with Gasteiger partial charge in [0.1, 0.15) is 0 Å². The lowest BCUT2D eigenvalue weighted by molar-refractivity contribution is -0.0235. The van der Waals surface area contributed by atoms with E-state index in [-0.39, 0.29) is 5.92 Å². The van der Waals surface area contributed by atoms with Gasteiger partial charge in [-0.25, -0.2) is 0 Å². The van der Waals surface area contributed by atoms with E-state index in [4.69, 9.17) is 14.2 Å². The molecule has 4 atom stereocenters. The number of hydrogen-bond acceptors (Lipinski definition) is 5. The number of aliphatic hydroxyl groups excluding tert-OH is 1. The van der Waals surface area contributed by atoms with Crippen LogP contribution < -0.4 is 14.8 Å². The highest BCUT2D eigenvalue weighted by atomic mass is 16.5. The second-order valence-electron chi connectivity index (χ2n) is 11.1. The topological polar surface area (TPSA) is 75.7 Å². The lowest BCUT2D eigenvalue weighted by Gasteiger charge is -2.56. The molecule has 0 saturated heterocycles. The maximum atomic E-state index is 10.7. The molecule has 6 heteroatoms. The molecule has 37 heavy (non-hydrogen) atoms. The Hall–Kier alpha value is -2.80. The number of fused-ring (bicyclic) bond motifs is 2. The van der Waals surface area contributed by atoms with E-state index >= 15 is 0 Å². The summed E-state index contributed by atoms with van der Waals surface area (Å²) in [5.41, 5.74) is 5.11. The van der Waals surface area contributed by atoms with Crippen LogP contribution in [0.4, 0.5) is 0 Å². The van der Waals surface area contributed by atoms with Crippen LogP contribution >= 0.6 is 0 Å². The van der Waals surface area contributed by atoms with E-state index in [2.05, 4.69) is 60.7 Å². The molecule has 1 fully saturated rings. The van der Waals surface area contributed by atoms with Crippen LogP contribution in [0.15, 0.2) is 60.3 Å². The zero-order valence-electron chi connectivity index (χ0n) is 22.4. The Morgan fingerprint density at radius 3 is 2.65 bits per heavy atom. The molecule has 6 rings (SSSR count). The van der Waals surface area contributed by atoms with Crippen LogP contribution in [-0.2, 0) is 4.74 Å². The van der Waals surface area contributed by atoms with Gasteiger partial charge in [0.2, 0.25) is 0 Å². The number of aromatic amines is 1. The normalized spacial score (nSPS) is 21.7. The summed E-state index contributed by atoms with van der Waals surface area (Å²) in [5, 5.41) is 15.3. The molecule has 1 heterocycles. The fourth-order valence-corrected chi connectivity index (χ4v) is 6.36. The van der Waals surface area contributed by atoms with E-state index in [0.29, 0.717) is 43.4 Å². The summed E-state index contributed by atoms with van der Waals surface area (Å²) in [6, 6.07) is 14.3. The molecule has 1 aromatic heterocycles. The summed E-state index contributed by atoms with van der Waals surface area (Å²) in [5.74, 6) is 2.89. The predicted octanol–water partition coefficient (Wildman–Crippen LogP) is 5.28. The van der Waals surface area contributed by atoms with Crippen molar-refractivity contribution < 1.29 is 19.3 Å². The van der Waals surface area contributed by atoms with Crippen molar-refractivity contribution in [1.82, 2.24) is 10.3 Å². The first kappa shape index (κ1) is 25.8. The van der Waals surface area contributed by atoms with Crippen LogP contribution in [-0.4, -0.2) is 56.7 Å². The van der Waals surface area contributed by atoms with Gasteiger partial charge in [0, 0.05) is 41.7 Å². The number of rotatable bonds is 12. The van der Waals surface area contributed by atoms with Gasteiger partial charge >= 0.3 is 0 Å². The lowest BCUT2D eigenvalue weighted by atomic mass is 9.49. The van der Waals surface area contributed by atoms with Gasteiger partial charge in [-0.15, -0.1) is 0 Å². The highest BCUT2D eigenvalue weighted by molar-refractivity contribution is 5.84. The van der Waals surface area contributed by atoms with E-state index < -0.39 is 6.10 Å². The van der Waals surface area contributed by atoms with Crippen molar-refractivity contribution in [2.24, 2.45) is 17.3 Å². The van der Waals surface area contributed by atoms with E-state index in [1.807, 2.05) is 18.2 Å². The number of hydrogen-bond donors (Lipinski definition) is 3. The molecule has 2 bridgehead atoms. The summed E-state index contributed by atoms with van der Waals surface area (Å²) in [6.45, 7) is 6.77. The van der Waals surface area contributed by atoms with Crippen LogP contribution in [0.1, 0.15) is 43.7 Å². The molecule has 3 aliphatic rings. The molecule has 2 aromatic carbocycles. The Balaban J connectivity index is 1.24. The Morgan fingerprint density at radius 1 is 1.05 bits per heavy atom. The fraction of sp³-hybridized carbons (Fsp3) is 0.484. The molecular formula is C31H40N2O4. The molecule has 0 unspecified atom stereocenters. The Bertz CT molecular complexity index is 1250. The molecule has 6 nitrogen and oxygen atoms in total. The van der Waals surface area contributed by atoms with E-state index in [0.717, 1.165) is 29.2 Å². The summed E-state index contributed by atoms with van der Waals surface area (Å²) < 4.78 is 17.3. The molecule has 3 aliphatic carbocycles. The maximum Gasteiger partial charge on any atom is 0.164 e. The van der Waals surface area contributed by atoms with E-state index in [1.54, 1.807) is 14.2 Å². The molecular weight excluding hydrogens is 464 g/mol. The molecule has 0 spiro atoms. The number of methoxy groups -OCH3 is 2. The number of nitrogens with one attached hydrogen (secondary N) is 2. The first-order valence-electron chi connectivity index (χ1n) is 13.4. The van der Waals surface area contributed by atoms with Gasteiger partial charge in [-0.3, -0.25) is 0 Å². The highest BCUT2D eigenvalue weighted by Crippen LogP contribution is 2.59. The average Bonchev–Trinajstić information content (AvgIpc) is 3.34. The van der Waals surface area contributed by atoms with Crippen molar-refractivity contribution in [1.29, 1.82) is 0 Å². The third-order valence-electron chi connectivity index (χ3n) is 8.70. The summed E-state index contributed by atoms with van der Waals surface area (Å²) >= 11 is 0. The van der Waals surface area contributed by atoms with Gasteiger partial charge in [0.15, 0.2) is 11.5 Å². The van der Waals surface area contributed by atoms with E-state index in [1.165, 1.54) is 22.9 Å². The first-order valence-corrected chi connectivity index (χ1v) is 13.4. The van der Waals surface area contributed by atoms with Gasteiger partial charge in [0.25, 0.3) is 0 Å². The number of aromatic nitrogens is 1. The van der Waals surface area contributed by atoms with Gasteiger partial charge < -0.3 is 29.6 Å². The van der Waals surface area contributed by atoms with Crippen LogP contribution in [0.2, 0.25) is 0 Å². The van der Waals surface area contributed by atoms with Crippen molar-refractivity contribution >= 4 is 10.9 Å². The second kappa shape index (κ2) is 10.9. The number of para-hydroxylation sites is 2. The number of H-pyrrole nitrogens is 1. The highest BCUT2D eigenvalue weighted by Gasteiger charge is 2.50. The third-order valence-corrected chi connectivity index (χ3v) is 8.70. The van der Waals surface area contributed by atoms with Crippen molar-refractivity contribution in [2.75, 3.05) is 40.5 Å². The van der Waals surface area contributed by atoms with Crippen molar-refractivity contribution in [3.63, 3.8) is 0 Å². The average molecular weight is 505 g/mol. The smallest absolute Gasteiger partial charge is 0.164 e. The first-order chi connectivity index (χ1) is 17.9. The summed E-state index contributed by atoms with van der Waals surface area (Å²) in [4.78, 5) is 3.40. The summed E-state index contributed by atoms with van der Waals surface area (Å²) in [6.07, 6.45) is 6.30. The standard InChI is InChI=1S/C31H40N2O4/c1-31(2)21-13-12-20(27(31)14-21)18-37-19-22(34)15-32-16-25(24-9-7-11-29(35-3)30(24)36-4)26-17-33-28-10-6-5-8-23(26)28/h5-12,17,21-22,25,27,32-34H,13-16,18-19H2,1-4H3/t21-,22+,25-,27+/m1/s1. The van der Waals surface area contributed by atoms with Crippen LogP contribution in [0, 0.1) is 17.3 Å². The quantitative estimate of drug-likeness (QED) is 0.293. The molecule has 0 aliphatic heterocycles. The molecule has 3 aromatic rings. The van der Waals surface area contributed by atoms with Crippen molar-refractivity contribution in [2.45, 2.75) is 38.7 Å². The molecule has 0 amide bonds. The van der Waals surface area contributed by atoms with Gasteiger partial charge in [-0.1, -0.05) is 50.3 Å². The molecule has 1 saturated carbocycles. The Kier molecular flexibility index (Phi) is 7.61. The minimum Gasteiger partial charge on any atom is -0.493 e. The van der Waals surface area contributed by atoms with Crippen LogP contribution in [0.3, 0.4) is 0 Å². The largest absolute Gasteiger partial charge is 0.493 e. The number of allylic oxidation sites excluding steroid dienone is 1. The minimum atomic E-state index is -0.581. The van der Waals surface area contributed by atoms with Crippen molar-refractivity contribution in [3.05, 3.63) is 71.4 Å². The second-order valence-corrected chi connectivity index (χ2v) is 11.1. The fourth-order valence-electron chi connectivity index (χ4n) is 6.36. The zero-order valence-corrected chi connectivity index (χ0v) is 22.4.